The van der Waals surface area contributed by atoms with E-state index in [9.17, 15) is 4.39 Å². The van der Waals surface area contributed by atoms with Crippen LogP contribution in [-0.2, 0) is 0 Å². The standard InChI is InChI=1S/C12H16FN3/c13-9-1-4-12(14-7-9)15-10-5-6-16(8-10)11-2-3-11/h1,4,7,10-11H,2-3,5-6,8H2,(H,14,15). The molecule has 1 atom stereocenters. The highest BCUT2D eigenvalue weighted by Gasteiger charge is 2.34. The molecule has 1 N–H and O–H groups in total. The van der Waals surface area contributed by atoms with E-state index in [1.54, 1.807) is 6.07 Å². The Hall–Kier alpha value is -1.16. The molecule has 3 nitrogen and oxygen atoms in total. The fraction of sp³-hybridized carbons (Fsp3) is 0.583. The van der Waals surface area contributed by atoms with Crippen LogP contribution in [-0.4, -0.2) is 35.1 Å². The predicted octanol–water partition coefficient (Wildman–Crippen LogP) is 1.87. The van der Waals surface area contributed by atoms with Crippen molar-refractivity contribution in [2.45, 2.75) is 31.3 Å². The Bertz CT molecular complexity index is 361. The van der Waals surface area contributed by atoms with Crippen molar-refractivity contribution < 1.29 is 4.39 Å². The summed E-state index contributed by atoms with van der Waals surface area (Å²) < 4.78 is 12.7. The molecule has 1 unspecified atom stereocenters. The van der Waals surface area contributed by atoms with Gasteiger partial charge < -0.3 is 5.32 Å². The molecule has 2 aliphatic rings. The molecule has 3 rings (SSSR count). The highest BCUT2D eigenvalue weighted by atomic mass is 19.1. The van der Waals surface area contributed by atoms with Crippen LogP contribution in [0.15, 0.2) is 18.3 Å². The predicted molar refractivity (Wildman–Crippen MR) is 60.8 cm³/mol. The molecular weight excluding hydrogens is 205 g/mol. The average molecular weight is 221 g/mol. The second-order valence-electron chi connectivity index (χ2n) is 4.72. The van der Waals surface area contributed by atoms with E-state index in [0.29, 0.717) is 6.04 Å². The Morgan fingerprint density at radius 3 is 2.88 bits per heavy atom. The first-order valence-corrected chi connectivity index (χ1v) is 5.93. The van der Waals surface area contributed by atoms with E-state index in [0.717, 1.165) is 24.8 Å². The second kappa shape index (κ2) is 4.01. The molecular formula is C12H16FN3. The Morgan fingerprint density at radius 1 is 1.31 bits per heavy atom. The number of likely N-dealkylation sites (tertiary alicyclic amines) is 1. The Morgan fingerprint density at radius 2 is 2.19 bits per heavy atom. The monoisotopic (exact) mass is 221 g/mol. The maximum atomic E-state index is 12.7. The van der Waals surface area contributed by atoms with Gasteiger partial charge in [0.2, 0.25) is 0 Å². The molecule has 2 fully saturated rings. The quantitative estimate of drug-likeness (QED) is 0.844. The highest BCUT2D eigenvalue weighted by Crippen LogP contribution is 2.30. The molecule has 0 radical (unpaired) electrons. The molecule has 0 bridgehead atoms. The maximum Gasteiger partial charge on any atom is 0.141 e. The van der Waals surface area contributed by atoms with Crippen molar-refractivity contribution in [3.8, 4) is 0 Å². The van der Waals surface area contributed by atoms with E-state index in [-0.39, 0.29) is 5.82 Å². The molecule has 1 saturated heterocycles. The number of nitrogens with one attached hydrogen (secondary N) is 1. The molecule has 1 aliphatic heterocycles. The molecule has 2 heterocycles. The number of nitrogens with zero attached hydrogens (tertiary/aromatic N) is 2. The first kappa shape index (κ1) is 10.0. The normalized spacial score (nSPS) is 25.9. The van der Waals surface area contributed by atoms with Crippen molar-refractivity contribution in [1.29, 1.82) is 0 Å². The van der Waals surface area contributed by atoms with Crippen LogP contribution in [0.1, 0.15) is 19.3 Å². The van der Waals surface area contributed by atoms with E-state index in [4.69, 9.17) is 0 Å². The summed E-state index contributed by atoms with van der Waals surface area (Å²) in [6.45, 7) is 2.28. The third-order valence-electron chi connectivity index (χ3n) is 3.36. The van der Waals surface area contributed by atoms with Gasteiger partial charge in [0.15, 0.2) is 0 Å². The van der Waals surface area contributed by atoms with Crippen molar-refractivity contribution >= 4 is 5.82 Å². The zero-order valence-corrected chi connectivity index (χ0v) is 9.19. The number of aromatic nitrogens is 1. The minimum absolute atomic E-state index is 0.281. The van der Waals surface area contributed by atoms with E-state index < -0.39 is 0 Å². The van der Waals surface area contributed by atoms with Crippen LogP contribution in [0, 0.1) is 5.82 Å². The molecule has 1 aliphatic carbocycles. The lowest BCUT2D eigenvalue weighted by molar-refractivity contribution is 0.326. The smallest absolute Gasteiger partial charge is 0.141 e. The third kappa shape index (κ3) is 2.16. The Kier molecular flexibility index (Phi) is 2.52. The Labute approximate surface area is 94.7 Å². The van der Waals surface area contributed by atoms with Gasteiger partial charge in [0.25, 0.3) is 0 Å². The SMILES string of the molecule is Fc1ccc(NC2CCN(C3CC3)C2)nc1. The van der Waals surface area contributed by atoms with Gasteiger partial charge in [-0.3, -0.25) is 4.90 Å². The molecule has 16 heavy (non-hydrogen) atoms. The highest BCUT2D eigenvalue weighted by molar-refractivity contribution is 5.35. The summed E-state index contributed by atoms with van der Waals surface area (Å²) in [5.41, 5.74) is 0. The van der Waals surface area contributed by atoms with E-state index in [1.165, 1.54) is 31.6 Å². The minimum atomic E-state index is -0.281. The molecule has 4 heteroatoms. The maximum absolute atomic E-state index is 12.7. The first-order valence-electron chi connectivity index (χ1n) is 5.93. The molecule has 86 valence electrons. The summed E-state index contributed by atoms with van der Waals surface area (Å²) in [6, 6.07) is 4.46. The number of hydrogen-bond acceptors (Lipinski definition) is 3. The summed E-state index contributed by atoms with van der Waals surface area (Å²) in [7, 11) is 0. The lowest BCUT2D eigenvalue weighted by atomic mass is 10.2. The van der Waals surface area contributed by atoms with Crippen molar-refractivity contribution in [3.05, 3.63) is 24.1 Å². The number of rotatable bonds is 3. The molecule has 0 spiro atoms. The second-order valence-corrected chi connectivity index (χ2v) is 4.72. The molecule has 0 amide bonds. The summed E-state index contributed by atoms with van der Waals surface area (Å²) in [4.78, 5) is 6.57. The number of anilines is 1. The Balaban J connectivity index is 1.57. The molecule has 1 aromatic heterocycles. The third-order valence-corrected chi connectivity index (χ3v) is 3.36. The lowest BCUT2D eigenvalue weighted by Gasteiger charge is -2.16. The van der Waals surface area contributed by atoms with Crippen LogP contribution in [0.5, 0.6) is 0 Å². The first-order chi connectivity index (χ1) is 7.81. The molecule has 1 saturated carbocycles. The fourth-order valence-corrected chi connectivity index (χ4v) is 2.35. The van der Waals surface area contributed by atoms with E-state index >= 15 is 0 Å². The van der Waals surface area contributed by atoms with Gasteiger partial charge in [-0.2, -0.15) is 0 Å². The van der Waals surface area contributed by atoms with Crippen molar-refractivity contribution in [2.24, 2.45) is 0 Å². The van der Waals surface area contributed by atoms with E-state index in [1.807, 2.05) is 0 Å². The topological polar surface area (TPSA) is 28.2 Å². The zero-order valence-electron chi connectivity index (χ0n) is 9.19. The molecule has 0 aromatic carbocycles. The van der Waals surface area contributed by atoms with Crippen LogP contribution in [0.3, 0.4) is 0 Å². The lowest BCUT2D eigenvalue weighted by Crippen LogP contribution is -2.27. The minimum Gasteiger partial charge on any atom is -0.366 e. The van der Waals surface area contributed by atoms with Crippen LogP contribution in [0.25, 0.3) is 0 Å². The van der Waals surface area contributed by atoms with Gasteiger partial charge in [-0.1, -0.05) is 0 Å². The van der Waals surface area contributed by atoms with Gasteiger partial charge in [-0.05, 0) is 31.4 Å². The van der Waals surface area contributed by atoms with Gasteiger partial charge in [0, 0.05) is 25.2 Å². The summed E-state index contributed by atoms with van der Waals surface area (Å²) >= 11 is 0. The number of halogens is 1. The fourth-order valence-electron chi connectivity index (χ4n) is 2.35. The van der Waals surface area contributed by atoms with Gasteiger partial charge in [0.05, 0.1) is 6.20 Å². The van der Waals surface area contributed by atoms with Gasteiger partial charge >= 0.3 is 0 Å². The van der Waals surface area contributed by atoms with Crippen molar-refractivity contribution in [2.75, 3.05) is 18.4 Å². The van der Waals surface area contributed by atoms with Gasteiger partial charge in [0.1, 0.15) is 11.6 Å². The van der Waals surface area contributed by atoms with Crippen LogP contribution < -0.4 is 5.32 Å². The van der Waals surface area contributed by atoms with Gasteiger partial charge in [-0.15, -0.1) is 0 Å². The van der Waals surface area contributed by atoms with Crippen LogP contribution in [0.4, 0.5) is 10.2 Å². The summed E-state index contributed by atoms with van der Waals surface area (Å²) in [5.74, 6) is 0.501. The van der Waals surface area contributed by atoms with Crippen molar-refractivity contribution in [3.63, 3.8) is 0 Å². The number of hydrogen-bond donors (Lipinski definition) is 1. The van der Waals surface area contributed by atoms with Crippen LogP contribution in [0.2, 0.25) is 0 Å². The van der Waals surface area contributed by atoms with Crippen LogP contribution >= 0.6 is 0 Å². The van der Waals surface area contributed by atoms with Gasteiger partial charge in [-0.25, -0.2) is 9.37 Å². The summed E-state index contributed by atoms with van der Waals surface area (Å²) in [5, 5.41) is 3.36. The zero-order chi connectivity index (χ0) is 11.0. The average Bonchev–Trinajstić information content (AvgIpc) is 3.04. The van der Waals surface area contributed by atoms with E-state index in [2.05, 4.69) is 15.2 Å². The largest absolute Gasteiger partial charge is 0.366 e. The van der Waals surface area contributed by atoms with Crippen molar-refractivity contribution in [1.82, 2.24) is 9.88 Å². The number of pyridine rings is 1. The summed E-state index contributed by atoms with van der Waals surface area (Å²) in [6.07, 6.45) is 5.15. The molecule has 1 aromatic rings.